The van der Waals surface area contributed by atoms with Crippen LogP contribution in [0.1, 0.15) is 20.3 Å². The van der Waals surface area contributed by atoms with Crippen molar-refractivity contribution in [3.8, 4) is 0 Å². The van der Waals surface area contributed by atoms with E-state index in [9.17, 15) is 5.11 Å². The van der Waals surface area contributed by atoms with Gasteiger partial charge in [0.2, 0.25) is 5.28 Å². The summed E-state index contributed by atoms with van der Waals surface area (Å²) in [5, 5.41) is 12.5. The highest BCUT2D eigenvalue weighted by Gasteiger charge is 2.20. The Morgan fingerprint density at radius 2 is 2.36 bits per heavy atom. The number of nitrogens with one attached hydrogen (secondary N) is 1. The lowest BCUT2D eigenvalue weighted by molar-refractivity contribution is 0.218. The first-order valence-corrected chi connectivity index (χ1v) is 4.85. The Morgan fingerprint density at radius 1 is 1.64 bits per heavy atom. The van der Waals surface area contributed by atoms with Crippen LogP contribution in [0.5, 0.6) is 0 Å². The molecule has 0 saturated heterocycles. The Morgan fingerprint density at radius 3 is 2.86 bits per heavy atom. The van der Waals surface area contributed by atoms with E-state index in [1.807, 2.05) is 13.8 Å². The van der Waals surface area contributed by atoms with E-state index in [0.29, 0.717) is 5.82 Å². The van der Waals surface area contributed by atoms with Gasteiger partial charge in [0, 0.05) is 6.20 Å². The monoisotopic (exact) mass is 215 g/mol. The van der Waals surface area contributed by atoms with E-state index >= 15 is 0 Å². The van der Waals surface area contributed by atoms with Gasteiger partial charge in [-0.2, -0.15) is 0 Å². The maximum Gasteiger partial charge on any atom is 0.224 e. The molecule has 1 atom stereocenters. The van der Waals surface area contributed by atoms with Gasteiger partial charge in [0.05, 0.1) is 12.1 Å². The van der Waals surface area contributed by atoms with Crippen molar-refractivity contribution in [3.05, 3.63) is 17.5 Å². The SMILES string of the molecule is CCC(C)(CO)Nc1ccnc(Cl)n1. The van der Waals surface area contributed by atoms with E-state index in [1.165, 1.54) is 0 Å². The molecule has 0 fully saturated rings. The molecular weight excluding hydrogens is 202 g/mol. The first kappa shape index (κ1) is 11.2. The van der Waals surface area contributed by atoms with Gasteiger partial charge in [0.1, 0.15) is 5.82 Å². The number of rotatable bonds is 4. The Labute approximate surface area is 88.3 Å². The summed E-state index contributed by atoms with van der Waals surface area (Å²) in [6.07, 6.45) is 2.37. The molecule has 14 heavy (non-hydrogen) atoms. The molecule has 0 radical (unpaired) electrons. The van der Waals surface area contributed by atoms with Crippen molar-refractivity contribution < 1.29 is 5.11 Å². The normalized spacial score (nSPS) is 14.9. The van der Waals surface area contributed by atoms with Crippen LogP contribution in [0.2, 0.25) is 5.28 Å². The van der Waals surface area contributed by atoms with Gasteiger partial charge in [0.15, 0.2) is 0 Å². The largest absolute Gasteiger partial charge is 0.394 e. The van der Waals surface area contributed by atoms with Crippen LogP contribution in [0.15, 0.2) is 12.3 Å². The summed E-state index contributed by atoms with van der Waals surface area (Å²) in [4.78, 5) is 7.76. The summed E-state index contributed by atoms with van der Waals surface area (Å²) in [6.45, 7) is 3.96. The molecule has 78 valence electrons. The quantitative estimate of drug-likeness (QED) is 0.751. The van der Waals surface area contributed by atoms with Crippen LogP contribution in [0.4, 0.5) is 5.82 Å². The highest BCUT2D eigenvalue weighted by atomic mass is 35.5. The number of hydrogen-bond donors (Lipinski definition) is 2. The van der Waals surface area contributed by atoms with E-state index in [2.05, 4.69) is 15.3 Å². The van der Waals surface area contributed by atoms with Crippen molar-refractivity contribution in [2.45, 2.75) is 25.8 Å². The summed E-state index contributed by atoms with van der Waals surface area (Å²) in [6, 6.07) is 1.72. The maximum absolute atomic E-state index is 9.18. The summed E-state index contributed by atoms with van der Waals surface area (Å²) >= 11 is 5.64. The van der Waals surface area contributed by atoms with Gasteiger partial charge in [-0.15, -0.1) is 0 Å². The molecule has 0 aromatic carbocycles. The third-order valence-corrected chi connectivity index (χ3v) is 2.37. The van der Waals surface area contributed by atoms with E-state index < -0.39 is 0 Å². The fraction of sp³-hybridized carbons (Fsp3) is 0.556. The zero-order valence-corrected chi connectivity index (χ0v) is 9.04. The average Bonchev–Trinajstić information content (AvgIpc) is 2.18. The second kappa shape index (κ2) is 4.57. The molecule has 1 aromatic rings. The van der Waals surface area contributed by atoms with E-state index in [1.54, 1.807) is 12.3 Å². The van der Waals surface area contributed by atoms with Crippen LogP contribution < -0.4 is 5.32 Å². The van der Waals surface area contributed by atoms with E-state index in [4.69, 9.17) is 11.6 Å². The Kier molecular flexibility index (Phi) is 3.66. The summed E-state index contributed by atoms with van der Waals surface area (Å²) in [5.74, 6) is 0.628. The Balaban J connectivity index is 2.77. The van der Waals surface area contributed by atoms with E-state index in [0.717, 1.165) is 6.42 Å². The van der Waals surface area contributed by atoms with Gasteiger partial charge in [-0.1, -0.05) is 6.92 Å². The fourth-order valence-electron chi connectivity index (χ4n) is 0.953. The molecule has 2 N–H and O–H groups in total. The van der Waals surface area contributed by atoms with Crippen LogP contribution >= 0.6 is 11.6 Å². The first-order chi connectivity index (χ1) is 6.59. The summed E-state index contributed by atoms with van der Waals surface area (Å²) in [7, 11) is 0. The minimum absolute atomic E-state index is 0.0467. The highest BCUT2D eigenvalue weighted by molar-refractivity contribution is 6.28. The predicted molar refractivity (Wildman–Crippen MR) is 56.4 cm³/mol. The van der Waals surface area contributed by atoms with Crippen LogP contribution in [0.3, 0.4) is 0 Å². The predicted octanol–water partition coefficient (Wildman–Crippen LogP) is 1.70. The smallest absolute Gasteiger partial charge is 0.224 e. The zero-order valence-electron chi connectivity index (χ0n) is 8.29. The minimum atomic E-state index is -0.363. The molecule has 0 saturated carbocycles. The molecule has 0 spiro atoms. The van der Waals surface area contributed by atoms with Crippen molar-refractivity contribution in [1.29, 1.82) is 0 Å². The van der Waals surface area contributed by atoms with Crippen molar-refractivity contribution in [1.82, 2.24) is 9.97 Å². The average molecular weight is 216 g/mol. The van der Waals surface area contributed by atoms with E-state index in [-0.39, 0.29) is 17.4 Å². The standard InChI is InChI=1S/C9H14ClN3O/c1-3-9(2,6-14)13-7-4-5-11-8(10)12-7/h4-5,14H,3,6H2,1-2H3,(H,11,12,13). The number of aliphatic hydroxyl groups excluding tert-OH is 1. The van der Waals surface area contributed by atoms with Crippen LogP contribution in [0.25, 0.3) is 0 Å². The molecule has 0 aliphatic heterocycles. The summed E-state index contributed by atoms with van der Waals surface area (Å²) in [5.41, 5.74) is -0.363. The molecule has 0 amide bonds. The van der Waals surface area contributed by atoms with Gasteiger partial charge < -0.3 is 10.4 Å². The molecule has 0 bridgehead atoms. The molecule has 1 heterocycles. The number of aliphatic hydroxyl groups is 1. The lowest BCUT2D eigenvalue weighted by atomic mass is 10.0. The topological polar surface area (TPSA) is 58.0 Å². The van der Waals surface area contributed by atoms with Crippen molar-refractivity contribution >= 4 is 17.4 Å². The Bertz CT molecular complexity index is 302. The number of halogens is 1. The molecule has 1 rings (SSSR count). The molecule has 5 heteroatoms. The molecule has 4 nitrogen and oxygen atoms in total. The zero-order chi connectivity index (χ0) is 10.6. The number of nitrogens with zero attached hydrogens (tertiary/aromatic N) is 2. The molecule has 1 aromatic heterocycles. The van der Waals surface area contributed by atoms with Gasteiger partial charge in [0.25, 0.3) is 0 Å². The second-order valence-corrected chi connectivity index (χ2v) is 3.75. The van der Waals surface area contributed by atoms with Gasteiger partial charge >= 0.3 is 0 Å². The maximum atomic E-state index is 9.18. The fourth-order valence-corrected chi connectivity index (χ4v) is 1.10. The third-order valence-electron chi connectivity index (χ3n) is 2.19. The van der Waals surface area contributed by atoms with Gasteiger partial charge in [-0.25, -0.2) is 9.97 Å². The number of hydrogen-bond acceptors (Lipinski definition) is 4. The lowest BCUT2D eigenvalue weighted by Crippen LogP contribution is -2.38. The minimum Gasteiger partial charge on any atom is -0.394 e. The van der Waals surface area contributed by atoms with Crippen LogP contribution in [0, 0.1) is 0 Å². The molecular formula is C9H14ClN3O. The van der Waals surface area contributed by atoms with Crippen molar-refractivity contribution in [2.75, 3.05) is 11.9 Å². The molecule has 0 aliphatic carbocycles. The highest BCUT2D eigenvalue weighted by Crippen LogP contribution is 2.16. The van der Waals surface area contributed by atoms with Crippen LogP contribution in [-0.4, -0.2) is 27.2 Å². The molecule has 0 aliphatic rings. The number of aromatic nitrogens is 2. The second-order valence-electron chi connectivity index (χ2n) is 3.41. The van der Waals surface area contributed by atoms with Gasteiger partial charge in [-0.3, -0.25) is 0 Å². The first-order valence-electron chi connectivity index (χ1n) is 4.47. The Hall–Kier alpha value is -0.870. The molecule has 1 unspecified atom stereocenters. The van der Waals surface area contributed by atoms with Crippen LogP contribution in [-0.2, 0) is 0 Å². The van der Waals surface area contributed by atoms with Gasteiger partial charge in [-0.05, 0) is 31.0 Å². The van der Waals surface area contributed by atoms with Crippen molar-refractivity contribution in [2.24, 2.45) is 0 Å². The van der Waals surface area contributed by atoms with Crippen molar-refractivity contribution in [3.63, 3.8) is 0 Å². The third kappa shape index (κ3) is 2.82. The lowest BCUT2D eigenvalue weighted by Gasteiger charge is -2.27. The summed E-state index contributed by atoms with van der Waals surface area (Å²) < 4.78 is 0. The number of anilines is 1.